The molecule has 1 unspecified atom stereocenters. The van der Waals surface area contributed by atoms with Crippen LogP contribution in [0.1, 0.15) is 31.2 Å². The molecule has 2 heterocycles. The Morgan fingerprint density at radius 2 is 2.12 bits per heavy atom. The lowest BCUT2D eigenvalue weighted by Gasteiger charge is -2.22. The van der Waals surface area contributed by atoms with Gasteiger partial charge in [-0.3, -0.25) is 14.5 Å². The maximum atomic E-state index is 12.0. The topological polar surface area (TPSA) is 99.7 Å². The van der Waals surface area contributed by atoms with E-state index in [1.54, 1.807) is 24.3 Å². The van der Waals surface area contributed by atoms with Crippen molar-refractivity contribution in [1.29, 1.82) is 0 Å². The number of carbonyl (C=O) groups excluding carboxylic acids is 1. The van der Waals surface area contributed by atoms with Crippen LogP contribution in [-0.4, -0.2) is 46.3 Å². The Bertz CT molecular complexity index is 761. The van der Waals surface area contributed by atoms with Crippen LogP contribution in [-0.2, 0) is 14.8 Å². The van der Waals surface area contributed by atoms with Gasteiger partial charge in [-0.15, -0.1) is 12.4 Å². The van der Waals surface area contributed by atoms with E-state index >= 15 is 0 Å². The third-order valence-electron chi connectivity index (χ3n) is 4.48. The molecule has 26 heavy (non-hydrogen) atoms. The molecule has 3 rings (SSSR count). The summed E-state index contributed by atoms with van der Waals surface area (Å²) < 4.78 is 26.4. The number of amidine groups is 1. The third kappa shape index (κ3) is 5.18. The van der Waals surface area contributed by atoms with Crippen LogP contribution in [0.25, 0.3) is 0 Å². The SMILES string of the molecule is Cl.O=C(CCCN=C1NS(=O)(=O)c2ccccc21)NCC1CCCNC1. The molecule has 1 saturated heterocycles. The number of rotatable bonds is 6. The first kappa shape index (κ1) is 20.7. The molecule has 0 aliphatic carbocycles. The van der Waals surface area contributed by atoms with Gasteiger partial charge in [0.25, 0.3) is 10.0 Å². The first-order valence-corrected chi connectivity index (χ1v) is 10.2. The van der Waals surface area contributed by atoms with Crippen molar-refractivity contribution in [3.05, 3.63) is 29.8 Å². The number of hydrogen-bond donors (Lipinski definition) is 3. The van der Waals surface area contributed by atoms with Crippen molar-refractivity contribution in [1.82, 2.24) is 15.4 Å². The molecule has 1 fully saturated rings. The van der Waals surface area contributed by atoms with Crippen LogP contribution in [0.15, 0.2) is 34.2 Å². The van der Waals surface area contributed by atoms with E-state index in [2.05, 4.69) is 20.3 Å². The van der Waals surface area contributed by atoms with Gasteiger partial charge in [0, 0.05) is 25.1 Å². The largest absolute Gasteiger partial charge is 0.356 e. The lowest BCUT2D eigenvalue weighted by atomic mass is 10.00. The molecule has 1 aromatic carbocycles. The van der Waals surface area contributed by atoms with Crippen LogP contribution in [0, 0.1) is 5.92 Å². The van der Waals surface area contributed by atoms with E-state index in [0.717, 1.165) is 25.9 Å². The maximum absolute atomic E-state index is 12.0. The van der Waals surface area contributed by atoms with Crippen molar-refractivity contribution in [2.24, 2.45) is 10.9 Å². The van der Waals surface area contributed by atoms with Gasteiger partial charge >= 0.3 is 0 Å². The number of fused-ring (bicyclic) bond motifs is 1. The summed E-state index contributed by atoms with van der Waals surface area (Å²) in [5, 5.41) is 6.30. The highest BCUT2D eigenvalue weighted by atomic mass is 35.5. The molecule has 1 aromatic rings. The number of sulfonamides is 1. The minimum atomic E-state index is -3.50. The third-order valence-corrected chi connectivity index (χ3v) is 5.88. The fraction of sp³-hybridized carbons (Fsp3) is 0.529. The lowest BCUT2D eigenvalue weighted by Crippen LogP contribution is -2.38. The van der Waals surface area contributed by atoms with E-state index in [-0.39, 0.29) is 23.2 Å². The summed E-state index contributed by atoms with van der Waals surface area (Å²) in [7, 11) is -3.50. The maximum Gasteiger partial charge on any atom is 0.263 e. The summed E-state index contributed by atoms with van der Waals surface area (Å²) in [5.41, 5.74) is 0.594. The zero-order chi connectivity index (χ0) is 17.7. The van der Waals surface area contributed by atoms with Crippen LogP contribution < -0.4 is 15.4 Å². The highest BCUT2D eigenvalue weighted by Gasteiger charge is 2.29. The number of piperidine rings is 1. The van der Waals surface area contributed by atoms with E-state index in [1.807, 2.05) is 0 Å². The van der Waals surface area contributed by atoms with Crippen LogP contribution in [0.5, 0.6) is 0 Å². The summed E-state index contributed by atoms with van der Waals surface area (Å²) in [6.45, 7) is 3.16. The van der Waals surface area contributed by atoms with Gasteiger partial charge in [0.1, 0.15) is 5.84 Å². The highest BCUT2D eigenvalue weighted by Crippen LogP contribution is 2.22. The summed E-state index contributed by atoms with van der Waals surface area (Å²) >= 11 is 0. The molecule has 2 aliphatic rings. The molecule has 0 aromatic heterocycles. The van der Waals surface area contributed by atoms with Gasteiger partial charge in [0.15, 0.2) is 0 Å². The Morgan fingerprint density at radius 1 is 1.31 bits per heavy atom. The predicted octanol–water partition coefficient (Wildman–Crippen LogP) is 1.04. The van der Waals surface area contributed by atoms with Gasteiger partial charge in [-0.05, 0) is 50.4 Å². The van der Waals surface area contributed by atoms with Crippen molar-refractivity contribution in [2.45, 2.75) is 30.6 Å². The van der Waals surface area contributed by atoms with E-state index in [1.165, 1.54) is 0 Å². The Kier molecular flexibility index (Phi) is 7.43. The standard InChI is InChI=1S/C17H24N4O3S.ClH/c22-16(20-12-13-5-3-9-18-11-13)8-4-10-19-17-14-6-1-2-7-15(14)25(23,24)21-17;/h1-2,6-7,13,18H,3-5,8-12H2,(H,19,21)(H,20,22);1H. The zero-order valence-electron chi connectivity index (χ0n) is 14.5. The minimum absolute atomic E-state index is 0. The summed E-state index contributed by atoms with van der Waals surface area (Å²) in [6, 6.07) is 6.77. The fourth-order valence-corrected chi connectivity index (χ4v) is 4.38. The number of amides is 1. The molecule has 0 saturated carbocycles. The quantitative estimate of drug-likeness (QED) is 0.621. The van der Waals surface area contributed by atoms with Gasteiger partial charge in [0.2, 0.25) is 5.91 Å². The monoisotopic (exact) mass is 400 g/mol. The van der Waals surface area contributed by atoms with Crippen molar-refractivity contribution in [3.63, 3.8) is 0 Å². The zero-order valence-corrected chi connectivity index (χ0v) is 16.2. The molecule has 3 N–H and O–H groups in total. The van der Waals surface area contributed by atoms with Crippen molar-refractivity contribution < 1.29 is 13.2 Å². The molecule has 0 radical (unpaired) electrons. The molecular weight excluding hydrogens is 376 g/mol. The van der Waals surface area contributed by atoms with Crippen molar-refractivity contribution in [2.75, 3.05) is 26.2 Å². The summed E-state index contributed by atoms with van der Waals surface area (Å²) in [4.78, 5) is 16.5. The van der Waals surface area contributed by atoms with E-state index in [0.29, 0.717) is 43.2 Å². The van der Waals surface area contributed by atoms with E-state index < -0.39 is 10.0 Å². The highest BCUT2D eigenvalue weighted by molar-refractivity contribution is 7.90. The second kappa shape index (κ2) is 9.34. The average Bonchev–Trinajstić information content (AvgIpc) is 2.89. The molecular formula is C17H25ClN4O3S. The number of aliphatic imine (C=N–C) groups is 1. The number of hydrogen-bond acceptors (Lipinski definition) is 5. The predicted molar refractivity (Wildman–Crippen MR) is 103 cm³/mol. The number of nitrogens with zero attached hydrogens (tertiary/aromatic N) is 1. The number of nitrogens with one attached hydrogen (secondary N) is 3. The van der Waals surface area contributed by atoms with Crippen molar-refractivity contribution >= 4 is 34.2 Å². The van der Waals surface area contributed by atoms with E-state index in [9.17, 15) is 13.2 Å². The molecule has 7 nitrogen and oxygen atoms in total. The van der Waals surface area contributed by atoms with Crippen LogP contribution >= 0.6 is 12.4 Å². The number of benzene rings is 1. The van der Waals surface area contributed by atoms with Gasteiger partial charge in [-0.2, -0.15) is 0 Å². The Labute approximate surface area is 160 Å². The Balaban J connectivity index is 0.00000243. The second-order valence-electron chi connectivity index (χ2n) is 6.45. The average molecular weight is 401 g/mol. The van der Waals surface area contributed by atoms with Gasteiger partial charge < -0.3 is 10.6 Å². The van der Waals surface area contributed by atoms with Crippen LogP contribution in [0.2, 0.25) is 0 Å². The minimum Gasteiger partial charge on any atom is -0.356 e. The Hall–Kier alpha value is -1.64. The van der Waals surface area contributed by atoms with Gasteiger partial charge in [-0.1, -0.05) is 12.1 Å². The van der Waals surface area contributed by atoms with Crippen molar-refractivity contribution in [3.8, 4) is 0 Å². The van der Waals surface area contributed by atoms with Crippen LogP contribution in [0.3, 0.4) is 0 Å². The molecule has 0 bridgehead atoms. The summed E-state index contributed by atoms with van der Waals surface area (Å²) in [6.07, 6.45) is 3.30. The number of carbonyl (C=O) groups is 1. The lowest BCUT2D eigenvalue weighted by molar-refractivity contribution is -0.121. The second-order valence-corrected chi connectivity index (χ2v) is 8.10. The number of halogens is 1. The molecule has 0 spiro atoms. The smallest absolute Gasteiger partial charge is 0.263 e. The Morgan fingerprint density at radius 3 is 2.88 bits per heavy atom. The molecule has 1 atom stereocenters. The normalized spacial score (nSPS) is 22.2. The van der Waals surface area contributed by atoms with Gasteiger partial charge in [-0.25, -0.2) is 8.42 Å². The molecule has 144 valence electrons. The summed E-state index contributed by atoms with van der Waals surface area (Å²) in [5.74, 6) is 0.907. The first-order valence-electron chi connectivity index (χ1n) is 8.70. The first-order chi connectivity index (χ1) is 12.1. The van der Waals surface area contributed by atoms with Crippen LogP contribution in [0.4, 0.5) is 0 Å². The van der Waals surface area contributed by atoms with Gasteiger partial charge in [0.05, 0.1) is 4.90 Å². The molecule has 2 aliphatic heterocycles. The molecule has 9 heteroatoms. The molecule has 1 amide bonds. The van der Waals surface area contributed by atoms with E-state index in [4.69, 9.17) is 0 Å². The fourth-order valence-electron chi connectivity index (χ4n) is 3.13.